The van der Waals surface area contributed by atoms with Crippen LogP contribution in [0.1, 0.15) is 23.3 Å². The van der Waals surface area contributed by atoms with E-state index in [0.717, 1.165) is 47.8 Å². The van der Waals surface area contributed by atoms with Crippen LogP contribution in [0.4, 0.5) is 0 Å². The molecule has 4 rings (SSSR count). The molecule has 7 heteroatoms. The number of aromatic nitrogens is 2. The maximum Gasteiger partial charge on any atom is 0.270 e. The molecule has 1 N–H and O–H groups in total. The van der Waals surface area contributed by atoms with Gasteiger partial charge >= 0.3 is 0 Å². The van der Waals surface area contributed by atoms with E-state index in [-0.39, 0.29) is 12.0 Å². The summed E-state index contributed by atoms with van der Waals surface area (Å²) >= 11 is 0. The lowest BCUT2D eigenvalue weighted by Crippen LogP contribution is -2.32. The molecular weight excluding hydrogens is 382 g/mol. The Bertz CT molecular complexity index is 985. The fourth-order valence-electron chi connectivity index (χ4n) is 3.70. The van der Waals surface area contributed by atoms with Crippen molar-refractivity contribution in [2.45, 2.75) is 18.9 Å². The van der Waals surface area contributed by atoms with Crippen molar-refractivity contribution >= 4 is 5.91 Å². The van der Waals surface area contributed by atoms with Crippen LogP contribution in [-0.4, -0.2) is 48.9 Å². The maximum absolute atomic E-state index is 12.7. The largest absolute Gasteiger partial charge is 0.496 e. The first-order valence-corrected chi connectivity index (χ1v) is 9.95. The van der Waals surface area contributed by atoms with Crippen LogP contribution in [0.2, 0.25) is 0 Å². The topological polar surface area (TPSA) is 74.6 Å². The monoisotopic (exact) mass is 407 g/mol. The van der Waals surface area contributed by atoms with Gasteiger partial charge in [-0.3, -0.25) is 9.36 Å². The first kappa shape index (κ1) is 20.0. The van der Waals surface area contributed by atoms with Crippen LogP contribution in [0.25, 0.3) is 16.8 Å². The minimum atomic E-state index is -0.168. The second-order valence-electron chi connectivity index (χ2n) is 7.08. The molecule has 3 aromatic rings. The minimum Gasteiger partial charge on any atom is -0.496 e. The summed E-state index contributed by atoms with van der Waals surface area (Å²) in [6, 6.07) is 13.5. The molecule has 1 fully saturated rings. The van der Waals surface area contributed by atoms with E-state index < -0.39 is 0 Å². The summed E-state index contributed by atoms with van der Waals surface area (Å²) in [7, 11) is 3.28. The molecule has 0 radical (unpaired) electrons. The molecule has 0 saturated carbocycles. The first-order valence-electron chi connectivity index (χ1n) is 9.95. The first-order chi connectivity index (χ1) is 14.7. The average molecular weight is 407 g/mol. The smallest absolute Gasteiger partial charge is 0.270 e. The van der Waals surface area contributed by atoms with Crippen molar-refractivity contribution < 1.29 is 19.0 Å². The van der Waals surface area contributed by atoms with E-state index in [9.17, 15) is 4.79 Å². The third-order valence-electron chi connectivity index (χ3n) is 5.25. The zero-order valence-electron chi connectivity index (χ0n) is 17.1. The van der Waals surface area contributed by atoms with E-state index in [0.29, 0.717) is 12.2 Å². The molecule has 1 saturated heterocycles. The van der Waals surface area contributed by atoms with Gasteiger partial charge in [0.05, 0.1) is 38.4 Å². The predicted molar refractivity (Wildman–Crippen MR) is 113 cm³/mol. The lowest BCUT2D eigenvalue weighted by atomic mass is 10.0. The quantitative estimate of drug-likeness (QED) is 0.649. The van der Waals surface area contributed by atoms with Crippen LogP contribution in [0, 0.1) is 0 Å². The number of nitrogens with one attached hydrogen (secondary N) is 1. The maximum atomic E-state index is 12.7. The number of hydrogen-bond acceptors (Lipinski definition) is 5. The molecule has 1 amide bonds. The Morgan fingerprint density at radius 3 is 2.53 bits per heavy atom. The van der Waals surface area contributed by atoms with E-state index in [1.165, 1.54) is 0 Å². The average Bonchev–Trinajstić information content (AvgIpc) is 3.49. The second-order valence-corrected chi connectivity index (χ2v) is 7.08. The SMILES string of the molecule is COc1cccc(OC)c1-c1ccc(-n2cncc2C(=O)NC[C@H]2CCCO2)cc1. The summed E-state index contributed by atoms with van der Waals surface area (Å²) in [5.41, 5.74) is 3.16. The molecule has 1 atom stereocenters. The molecule has 2 aromatic carbocycles. The molecule has 2 heterocycles. The van der Waals surface area contributed by atoms with Crippen molar-refractivity contribution in [1.29, 1.82) is 0 Å². The van der Waals surface area contributed by atoms with E-state index in [2.05, 4.69) is 10.3 Å². The van der Waals surface area contributed by atoms with Gasteiger partial charge in [0.2, 0.25) is 0 Å². The number of carbonyl (C=O) groups excluding carboxylic acids is 1. The number of rotatable bonds is 7. The summed E-state index contributed by atoms with van der Waals surface area (Å²) in [5, 5.41) is 2.95. The van der Waals surface area contributed by atoms with Gasteiger partial charge < -0.3 is 19.5 Å². The predicted octanol–water partition coefficient (Wildman–Crippen LogP) is 3.47. The number of hydrogen-bond donors (Lipinski definition) is 1. The molecule has 0 aliphatic carbocycles. The Kier molecular flexibility index (Phi) is 5.99. The van der Waals surface area contributed by atoms with Crippen molar-refractivity contribution in [3.63, 3.8) is 0 Å². The highest BCUT2D eigenvalue weighted by Gasteiger charge is 2.19. The fourth-order valence-corrected chi connectivity index (χ4v) is 3.70. The Morgan fingerprint density at radius 2 is 1.90 bits per heavy atom. The molecule has 0 unspecified atom stereocenters. The molecule has 156 valence electrons. The number of nitrogens with zero attached hydrogens (tertiary/aromatic N) is 2. The lowest BCUT2D eigenvalue weighted by Gasteiger charge is -2.14. The summed E-state index contributed by atoms with van der Waals surface area (Å²) in [4.78, 5) is 16.8. The van der Waals surface area contributed by atoms with Gasteiger partial charge in [-0.15, -0.1) is 0 Å². The third kappa shape index (κ3) is 4.02. The molecule has 1 aliphatic heterocycles. The van der Waals surface area contributed by atoms with E-state index in [4.69, 9.17) is 14.2 Å². The Balaban J connectivity index is 1.56. The number of methoxy groups -OCH3 is 2. The number of amides is 1. The van der Waals surface area contributed by atoms with Crippen molar-refractivity contribution in [3.05, 3.63) is 60.7 Å². The van der Waals surface area contributed by atoms with Crippen LogP contribution < -0.4 is 14.8 Å². The van der Waals surface area contributed by atoms with E-state index in [1.54, 1.807) is 31.3 Å². The highest BCUT2D eigenvalue weighted by molar-refractivity contribution is 5.93. The Hall–Kier alpha value is -3.32. The fraction of sp³-hybridized carbons (Fsp3) is 0.304. The summed E-state index contributed by atoms with van der Waals surface area (Å²) < 4.78 is 18.4. The van der Waals surface area contributed by atoms with Gasteiger partial charge in [0.25, 0.3) is 5.91 Å². The van der Waals surface area contributed by atoms with Crippen LogP contribution >= 0.6 is 0 Å². The normalized spacial score (nSPS) is 15.7. The van der Waals surface area contributed by atoms with Crippen molar-refractivity contribution in [2.75, 3.05) is 27.4 Å². The highest BCUT2D eigenvalue weighted by atomic mass is 16.5. The lowest BCUT2D eigenvalue weighted by molar-refractivity contribution is 0.0852. The molecule has 0 spiro atoms. The van der Waals surface area contributed by atoms with Gasteiger partial charge in [-0.1, -0.05) is 18.2 Å². The van der Waals surface area contributed by atoms with Gasteiger partial charge in [-0.25, -0.2) is 4.98 Å². The number of ether oxygens (including phenoxy) is 3. The van der Waals surface area contributed by atoms with Gasteiger partial charge in [0.15, 0.2) is 0 Å². The van der Waals surface area contributed by atoms with Gasteiger partial charge in [0, 0.05) is 18.8 Å². The zero-order chi connectivity index (χ0) is 20.9. The zero-order valence-corrected chi connectivity index (χ0v) is 17.1. The standard InChI is InChI=1S/C23H25N3O4/c1-28-20-6-3-7-21(29-2)22(20)16-8-10-17(11-9-16)26-15-24-14-19(26)23(27)25-13-18-5-4-12-30-18/h3,6-11,14-15,18H,4-5,12-13H2,1-2H3,(H,25,27)/t18-/m1/s1. The van der Waals surface area contributed by atoms with Gasteiger partial charge in [0.1, 0.15) is 17.2 Å². The van der Waals surface area contributed by atoms with Crippen LogP contribution in [-0.2, 0) is 4.74 Å². The number of benzene rings is 2. The molecule has 0 bridgehead atoms. The molecule has 7 nitrogen and oxygen atoms in total. The molecule has 1 aromatic heterocycles. The summed E-state index contributed by atoms with van der Waals surface area (Å²) in [6.07, 6.45) is 5.33. The minimum absolute atomic E-state index is 0.0976. The van der Waals surface area contributed by atoms with Crippen molar-refractivity contribution in [2.24, 2.45) is 0 Å². The molecular formula is C23H25N3O4. The third-order valence-corrected chi connectivity index (χ3v) is 5.25. The van der Waals surface area contributed by atoms with Crippen molar-refractivity contribution in [1.82, 2.24) is 14.9 Å². The molecule has 1 aliphatic rings. The van der Waals surface area contributed by atoms with Crippen LogP contribution in [0.15, 0.2) is 55.0 Å². The number of carbonyl (C=O) groups is 1. The number of imidazole rings is 1. The van der Waals surface area contributed by atoms with E-state index >= 15 is 0 Å². The van der Waals surface area contributed by atoms with Gasteiger partial charge in [-0.2, -0.15) is 0 Å². The van der Waals surface area contributed by atoms with E-state index in [1.807, 2.05) is 42.5 Å². The van der Waals surface area contributed by atoms with Crippen LogP contribution in [0.3, 0.4) is 0 Å². The second kappa shape index (κ2) is 9.00. The Morgan fingerprint density at radius 1 is 1.17 bits per heavy atom. The Labute approximate surface area is 175 Å². The summed E-state index contributed by atoms with van der Waals surface area (Å²) in [6.45, 7) is 1.28. The summed E-state index contributed by atoms with van der Waals surface area (Å²) in [5.74, 6) is 1.30. The van der Waals surface area contributed by atoms with Crippen LogP contribution in [0.5, 0.6) is 11.5 Å². The molecule has 30 heavy (non-hydrogen) atoms. The highest BCUT2D eigenvalue weighted by Crippen LogP contribution is 2.38. The van der Waals surface area contributed by atoms with Gasteiger partial charge in [-0.05, 0) is 42.7 Å². The van der Waals surface area contributed by atoms with Crippen molar-refractivity contribution in [3.8, 4) is 28.3 Å².